The average molecular weight is 1340 g/mol. The summed E-state index contributed by atoms with van der Waals surface area (Å²) in [5, 5.41) is 10.6. The van der Waals surface area contributed by atoms with E-state index in [2.05, 4.69) is 48.5 Å². The maximum atomic E-state index is 13.0. The van der Waals surface area contributed by atoms with Crippen molar-refractivity contribution in [2.24, 2.45) is 17.8 Å². The van der Waals surface area contributed by atoms with Gasteiger partial charge in [-0.15, -0.1) is 0 Å². The van der Waals surface area contributed by atoms with Gasteiger partial charge in [0.1, 0.15) is 19.3 Å². The van der Waals surface area contributed by atoms with Gasteiger partial charge in [0, 0.05) is 25.7 Å². The summed E-state index contributed by atoms with van der Waals surface area (Å²) in [6, 6.07) is 0. The Morgan fingerprint density at radius 3 is 0.747 bits per heavy atom. The van der Waals surface area contributed by atoms with Gasteiger partial charge in [-0.25, -0.2) is 9.13 Å². The molecule has 0 spiro atoms. The molecule has 2 unspecified atom stereocenters. The van der Waals surface area contributed by atoms with E-state index in [1.54, 1.807) is 0 Å². The zero-order chi connectivity index (χ0) is 67.3. The van der Waals surface area contributed by atoms with Crippen molar-refractivity contribution in [2.75, 3.05) is 39.6 Å². The van der Waals surface area contributed by atoms with E-state index in [0.717, 1.165) is 102 Å². The fourth-order valence-electron chi connectivity index (χ4n) is 10.9. The molecule has 91 heavy (non-hydrogen) atoms. The number of phosphoric acid groups is 2. The topological polar surface area (TPSA) is 237 Å². The van der Waals surface area contributed by atoms with Crippen LogP contribution in [0.25, 0.3) is 0 Å². The van der Waals surface area contributed by atoms with Crippen LogP contribution in [0.15, 0.2) is 0 Å². The molecular weight excluding hydrogens is 1200 g/mol. The van der Waals surface area contributed by atoms with Gasteiger partial charge in [-0.1, -0.05) is 312 Å². The van der Waals surface area contributed by atoms with E-state index in [4.69, 9.17) is 37.0 Å². The van der Waals surface area contributed by atoms with E-state index in [9.17, 15) is 43.2 Å². The first-order chi connectivity index (χ1) is 43.7. The fourth-order valence-corrected chi connectivity index (χ4v) is 12.5. The van der Waals surface area contributed by atoms with Crippen LogP contribution in [0.1, 0.15) is 363 Å². The monoisotopic (exact) mass is 1340 g/mol. The van der Waals surface area contributed by atoms with Crippen LogP contribution >= 0.6 is 15.6 Å². The second kappa shape index (κ2) is 62.8. The number of rotatable bonds is 70. The van der Waals surface area contributed by atoms with Crippen molar-refractivity contribution in [3.05, 3.63) is 0 Å². The standard InChI is InChI=1S/C72H140O17P2/c1-8-9-10-11-12-24-31-39-46-53-69(74)82-60-68(89-72(77)56-49-42-35-34-38-45-52-65(6)7)62-87-91(80,81)85-58-66(73)57-84-90(78,79)86-61-67(59-83-70(75)54-47-40-32-27-22-19-15-17-21-26-30-37-44-51-64(4)5)88-71(76)55-48-41-33-28-23-18-14-13-16-20-25-29-36-43-50-63(2)3/h63-68,73H,8-62H2,1-7H3,(H,78,79)(H,80,81)/t66-,67-,68-/m1/s1. The van der Waals surface area contributed by atoms with Gasteiger partial charge in [-0.2, -0.15) is 0 Å². The van der Waals surface area contributed by atoms with E-state index in [0.29, 0.717) is 31.6 Å². The molecule has 0 aromatic carbocycles. The summed E-state index contributed by atoms with van der Waals surface area (Å²) in [6.07, 6.45) is 47.4. The number of hydrogen-bond acceptors (Lipinski definition) is 15. The highest BCUT2D eigenvalue weighted by molar-refractivity contribution is 7.47. The maximum absolute atomic E-state index is 13.0. The third-order valence-electron chi connectivity index (χ3n) is 16.6. The van der Waals surface area contributed by atoms with Gasteiger partial charge in [0.15, 0.2) is 12.2 Å². The molecule has 0 amide bonds. The lowest BCUT2D eigenvalue weighted by molar-refractivity contribution is -0.161. The molecule has 540 valence electrons. The summed E-state index contributed by atoms with van der Waals surface area (Å²) in [5.74, 6) is 0.127. The van der Waals surface area contributed by atoms with Crippen molar-refractivity contribution in [2.45, 2.75) is 381 Å². The molecule has 0 bridgehead atoms. The second-order valence-electron chi connectivity index (χ2n) is 27.4. The SMILES string of the molecule is CCCCCCCCCCCC(=O)OC[C@H](COP(=O)(O)OC[C@H](O)COP(=O)(O)OC[C@@H](COC(=O)CCCCCCCCCCCCCCCC(C)C)OC(=O)CCCCCCCCCCCCCCCCC(C)C)OC(=O)CCCCCCCCC(C)C. The summed E-state index contributed by atoms with van der Waals surface area (Å²) in [7, 11) is -9.90. The number of phosphoric ester groups is 2. The normalized spacial score (nSPS) is 14.2. The molecule has 0 fully saturated rings. The third kappa shape index (κ3) is 66.5. The number of aliphatic hydroxyl groups is 1. The van der Waals surface area contributed by atoms with Gasteiger partial charge in [0.25, 0.3) is 0 Å². The number of esters is 4. The van der Waals surface area contributed by atoms with Gasteiger partial charge in [-0.05, 0) is 43.4 Å². The molecule has 0 aliphatic heterocycles. The van der Waals surface area contributed by atoms with Crippen LogP contribution in [-0.4, -0.2) is 96.7 Å². The first kappa shape index (κ1) is 89.1. The van der Waals surface area contributed by atoms with Gasteiger partial charge < -0.3 is 33.8 Å². The lowest BCUT2D eigenvalue weighted by atomic mass is 10.0. The van der Waals surface area contributed by atoms with Crippen molar-refractivity contribution < 1.29 is 80.2 Å². The summed E-state index contributed by atoms with van der Waals surface area (Å²) in [5.41, 5.74) is 0. The Morgan fingerprint density at radius 2 is 0.505 bits per heavy atom. The molecule has 0 saturated heterocycles. The first-order valence-corrected chi connectivity index (χ1v) is 40.3. The summed E-state index contributed by atoms with van der Waals surface area (Å²) < 4.78 is 68.3. The summed E-state index contributed by atoms with van der Waals surface area (Å²) in [6.45, 7) is 11.8. The molecule has 0 aromatic heterocycles. The predicted molar refractivity (Wildman–Crippen MR) is 368 cm³/mol. The Balaban J connectivity index is 5.21. The highest BCUT2D eigenvalue weighted by Crippen LogP contribution is 2.45. The van der Waals surface area contributed by atoms with Crippen LogP contribution in [0, 0.1) is 17.8 Å². The van der Waals surface area contributed by atoms with E-state index in [-0.39, 0.29) is 25.7 Å². The number of carbonyl (C=O) groups is 4. The molecule has 0 heterocycles. The van der Waals surface area contributed by atoms with Crippen LogP contribution in [0.3, 0.4) is 0 Å². The largest absolute Gasteiger partial charge is 0.472 e. The molecule has 0 aliphatic carbocycles. The molecule has 0 radical (unpaired) electrons. The lowest BCUT2D eigenvalue weighted by Gasteiger charge is -2.21. The Morgan fingerprint density at radius 1 is 0.297 bits per heavy atom. The number of ether oxygens (including phenoxy) is 4. The highest BCUT2D eigenvalue weighted by atomic mass is 31.2. The van der Waals surface area contributed by atoms with Gasteiger partial charge >= 0.3 is 39.5 Å². The first-order valence-electron chi connectivity index (χ1n) is 37.3. The van der Waals surface area contributed by atoms with Gasteiger partial charge in [0.2, 0.25) is 0 Å². The molecular formula is C72H140O17P2. The van der Waals surface area contributed by atoms with Crippen LogP contribution in [0.5, 0.6) is 0 Å². The maximum Gasteiger partial charge on any atom is 0.472 e. The minimum Gasteiger partial charge on any atom is -0.462 e. The third-order valence-corrected chi connectivity index (χ3v) is 18.5. The van der Waals surface area contributed by atoms with Crippen molar-refractivity contribution >= 4 is 39.5 Å². The zero-order valence-corrected chi connectivity index (χ0v) is 61.1. The molecule has 19 heteroatoms. The molecule has 0 aliphatic rings. The highest BCUT2D eigenvalue weighted by Gasteiger charge is 2.30. The Hall–Kier alpha value is -1.94. The molecule has 0 aromatic rings. The average Bonchev–Trinajstić information content (AvgIpc) is 3.70. The number of carbonyl (C=O) groups excluding carboxylic acids is 4. The van der Waals surface area contributed by atoms with Crippen molar-refractivity contribution in [3.8, 4) is 0 Å². The second-order valence-corrected chi connectivity index (χ2v) is 30.3. The smallest absolute Gasteiger partial charge is 0.462 e. The van der Waals surface area contributed by atoms with Crippen LogP contribution in [0.4, 0.5) is 0 Å². The lowest BCUT2D eigenvalue weighted by Crippen LogP contribution is -2.30. The van der Waals surface area contributed by atoms with Crippen LogP contribution in [0.2, 0.25) is 0 Å². The predicted octanol–water partition coefficient (Wildman–Crippen LogP) is 20.6. The molecule has 17 nitrogen and oxygen atoms in total. The van der Waals surface area contributed by atoms with Gasteiger partial charge in [-0.3, -0.25) is 37.3 Å². The number of hydrogen-bond donors (Lipinski definition) is 3. The molecule has 0 saturated carbocycles. The van der Waals surface area contributed by atoms with Crippen molar-refractivity contribution in [1.29, 1.82) is 0 Å². The Kier molecular flexibility index (Phi) is 61.5. The quantitative estimate of drug-likeness (QED) is 0.0222. The fraction of sp³-hybridized carbons (Fsp3) is 0.944. The summed E-state index contributed by atoms with van der Waals surface area (Å²) >= 11 is 0. The zero-order valence-electron chi connectivity index (χ0n) is 59.3. The van der Waals surface area contributed by atoms with E-state index in [1.807, 2.05) is 0 Å². The van der Waals surface area contributed by atoms with Crippen molar-refractivity contribution in [3.63, 3.8) is 0 Å². The summed E-state index contributed by atoms with van der Waals surface area (Å²) in [4.78, 5) is 72.5. The minimum absolute atomic E-state index is 0.102. The van der Waals surface area contributed by atoms with Gasteiger partial charge in [0.05, 0.1) is 26.4 Å². The van der Waals surface area contributed by atoms with E-state index < -0.39 is 97.5 Å². The molecule has 0 rings (SSSR count). The molecule has 3 N–H and O–H groups in total. The molecule has 5 atom stereocenters. The van der Waals surface area contributed by atoms with E-state index in [1.165, 1.54) is 173 Å². The van der Waals surface area contributed by atoms with Crippen LogP contribution < -0.4 is 0 Å². The van der Waals surface area contributed by atoms with Crippen LogP contribution in [-0.2, 0) is 65.4 Å². The minimum atomic E-state index is -4.95. The number of unbranched alkanes of at least 4 members (excludes halogenated alkanes) is 38. The van der Waals surface area contributed by atoms with Crippen molar-refractivity contribution in [1.82, 2.24) is 0 Å². The Labute approximate surface area is 556 Å². The Bertz CT molecular complexity index is 1780. The van der Waals surface area contributed by atoms with E-state index >= 15 is 0 Å². The number of aliphatic hydroxyl groups excluding tert-OH is 1.